The molecule has 190 valence electrons. The van der Waals surface area contributed by atoms with E-state index in [-0.39, 0.29) is 11.3 Å². The molecular formula is C29H33N7O. The van der Waals surface area contributed by atoms with Gasteiger partial charge < -0.3 is 25.8 Å². The molecule has 8 heteroatoms. The minimum atomic E-state index is -0.126. The zero-order valence-corrected chi connectivity index (χ0v) is 21.6. The zero-order valence-electron chi connectivity index (χ0n) is 21.6. The first-order valence-electron chi connectivity index (χ1n) is 12.9. The number of carbonyl (C=O) groups is 1. The van der Waals surface area contributed by atoms with Gasteiger partial charge in [0, 0.05) is 73.4 Å². The van der Waals surface area contributed by atoms with Gasteiger partial charge in [0.05, 0.1) is 0 Å². The van der Waals surface area contributed by atoms with Crippen molar-refractivity contribution in [1.82, 2.24) is 20.2 Å². The normalized spacial score (nSPS) is 18.7. The maximum atomic E-state index is 12.4. The lowest BCUT2D eigenvalue weighted by Gasteiger charge is -2.34. The maximum absolute atomic E-state index is 12.4. The molecule has 8 nitrogen and oxygen atoms in total. The van der Waals surface area contributed by atoms with Crippen LogP contribution < -0.4 is 20.9 Å². The smallest absolute Gasteiger partial charge is 0.251 e. The summed E-state index contributed by atoms with van der Waals surface area (Å²) in [6.45, 7) is 9.84. The van der Waals surface area contributed by atoms with Gasteiger partial charge in [0.2, 0.25) is 5.95 Å². The fraction of sp³-hybridized carbons (Fsp3) is 0.345. The first-order valence-corrected chi connectivity index (χ1v) is 12.9. The Morgan fingerprint density at radius 1 is 1.00 bits per heavy atom. The Hall–Kier alpha value is -3.91. The molecule has 4 heterocycles. The van der Waals surface area contributed by atoms with Gasteiger partial charge in [-0.05, 0) is 54.1 Å². The molecule has 0 atom stereocenters. The first kappa shape index (κ1) is 23.5. The third kappa shape index (κ3) is 4.53. The highest BCUT2D eigenvalue weighted by atomic mass is 16.1. The van der Waals surface area contributed by atoms with Gasteiger partial charge >= 0.3 is 0 Å². The van der Waals surface area contributed by atoms with Crippen molar-refractivity contribution in [3.8, 4) is 0 Å². The molecule has 0 aliphatic carbocycles. The molecule has 37 heavy (non-hydrogen) atoms. The van der Waals surface area contributed by atoms with Crippen molar-refractivity contribution in [2.45, 2.75) is 19.3 Å². The minimum absolute atomic E-state index is 0.00342. The molecule has 2 aromatic carbocycles. The van der Waals surface area contributed by atoms with Crippen molar-refractivity contribution >= 4 is 34.6 Å². The van der Waals surface area contributed by atoms with Crippen LogP contribution in [0, 0.1) is 0 Å². The van der Waals surface area contributed by atoms with E-state index in [2.05, 4.69) is 82.0 Å². The number of fused-ring (bicyclic) bond motifs is 2. The van der Waals surface area contributed by atoms with Crippen LogP contribution in [0.4, 0.5) is 23.1 Å². The Labute approximate surface area is 217 Å². The second-order valence-corrected chi connectivity index (χ2v) is 10.7. The summed E-state index contributed by atoms with van der Waals surface area (Å²) in [5.41, 5.74) is 7.01. The highest BCUT2D eigenvalue weighted by Gasteiger charge is 2.32. The van der Waals surface area contributed by atoms with Crippen molar-refractivity contribution < 1.29 is 4.79 Å². The number of piperazine rings is 1. The molecule has 6 rings (SSSR count). The Balaban J connectivity index is 1.25. The van der Waals surface area contributed by atoms with E-state index in [1.54, 1.807) is 0 Å². The first-order chi connectivity index (χ1) is 17.9. The van der Waals surface area contributed by atoms with E-state index in [1.165, 1.54) is 5.69 Å². The van der Waals surface area contributed by atoms with Gasteiger partial charge in [0.15, 0.2) is 0 Å². The quantitative estimate of drug-likeness (QED) is 0.507. The lowest BCUT2D eigenvalue weighted by atomic mass is 9.77. The minimum Gasteiger partial charge on any atom is -0.369 e. The topological polar surface area (TPSA) is 85.4 Å². The zero-order chi connectivity index (χ0) is 25.6. The van der Waals surface area contributed by atoms with Gasteiger partial charge in [-0.25, -0.2) is 4.98 Å². The third-order valence-corrected chi connectivity index (χ3v) is 7.62. The summed E-state index contributed by atoms with van der Waals surface area (Å²) >= 11 is 0. The van der Waals surface area contributed by atoms with Crippen LogP contribution in [0.1, 0.15) is 40.9 Å². The van der Waals surface area contributed by atoms with Gasteiger partial charge in [-0.2, -0.15) is 4.98 Å². The number of nitrogens with zero attached hydrogens (tertiary/aromatic N) is 4. The molecule has 0 spiro atoms. The summed E-state index contributed by atoms with van der Waals surface area (Å²) in [5.74, 6) is 1.36. The molecule has 3 aliphatic heterocycles. The number of carbonyl (C=O) groups excluding carboxylic acids is 1. The molecule has 1 amide bonds. The number of likely N-dealkylation sites (N-methyl/N-ethyl adjacent to an activating group) is 1. The highest BCUT2D eigenvalue weighted by Crippen LogP contribution is 2.36. The summed E-state index contributed by atoms with van der Waals surface area (Å²) < 4.78 is 0. The predicted molar refractivity (Wildman–Crippen MR) is 149 cm³/mol. The molecule has 1 saturated heterocycles. The summed E-state index contributed by atoms with van der Waals surface area (Å²) in [4.78, 5) is 26.6. The van der Waals surface area contributed by atoms with E-state index < -0.39 is 0 Å². The standard InChI is InChI=1S/C29H33N7O/c1-29(2)18-32-27(37)23-8-7-19(15-25(23)29)22-9-10-30-26-24(22)17-31-28(34-26)33-20-5-4-6-21(16-20)36-13-11-35(3)12-14-36/h4-9,15-17H,10-14,18H2,1-3H3,(H,32,37)(H2,30,31,33,34). The summed E-state index contributed by atoms with van der Waals surface area (Å²) in [6.07, 6.45) is 4.04. The van der Waals surface area contributed by atoms with Crippen LogP contribution in [0.15, 0.2) is 54.7 Å². The average molecular weight is 496 g/mol. The van der Waals surface area contributed by atoms with Crippen LogP contribution in [0.25, 0.3) is 5.57 Å². The van der Waals surface area contributed by atoms with Crippen molar-refractivity contribution in [3.63, 3.8) is 0 Å². The van der Waals surface area contributed by atoms with Crippen molar-refractivity contribution in [1.29, 1.82) is 0 Å². The van der Waals surface area contributed by atoms with E-state index in [1.807, 2.05) is 24.4 Å². The van der Waals surface area contributed by atoms with Gasteiger partial charge in [-0.3, -0.25) is 4.79 Å². The van der Waals surface area contributed by atoms with E-state index in [0.29, 0.717) is 19.0 Å². The molecule has 0 unspecified atom stereocenters. The SMILES string of the molecule is CN1CCN(c2cccc(Nc3ncc4c(n3)NCC=C4c3ccc4c(c3)C(C)(C)CNC4=O)c2)CC1. The molecular weight excluding hydrogens is 462 g/mol. The lowest BCUT2D eigenvalue weighted by Crippen LogP contribution is -2.44. The van der Waals surface area contributed by atoms with Crippen LogP contribution in [0.3, 0.4) is 0 Å². The molecule has 3 aromatic rings. The van der Waals surface area contributed by atoms with Gasteiger partial charge in [0.25, 0.3) is 5.91 Å². The maximum Gasteiger partial charge on any atom is 0.251 e. The van der Waals surface area contributed by atoms with Crippen molar-refractivity contribution in [3.05, 3.63) is 77.0 Å². The Kier molecular flexibility index (Phi) is 5.83. The Morgan fingerprint density at radius 2 is 1.84 bits per heavy atom. The van der Waals surface area contributed by atoms with Crippen LogP contribution in [-0.4, -0.2) is 67.1 Å². The summed E-state index contributed by atoms with van der Waals surface area (Å²) in [5, 5.41) is 9.79. The Bertz CT molecular complexity index is 1390. The molecule has 0 bridgehead atoms. The van der Waals surface area contributed by atoms with E-state index in [4.69, 9.17) is 4.98 Å². The van der Waals surface area contributed by atoms with Crippen molar-refractivity contribution in [2.24, 2.45) is 0 Å². The second kappa shape index (κ2) is 9.19. The number of hydrogen-bond acceptors (Lipinski definition) is 7. The molecule has 3 aliphatic rings. The lowest BCUT2D eigenvalue weighted by molar-refractivity contribution is 0.0930. The predicted octanol–water partition coefficient (Wildman–Crippen LogP) is 3.85. The number of aromatic nitrogens is 2. The summed E-state index contributed by atoms with van der Waals surface area (Å²) in [7, 11) is 2.17. The highest BCUT2D eigenvalue weighted by molar-refractivity contribution is 5.98. The monoisotopic (exact) mass is 495 g/mol. The number of benzene rings is 2. The van der Waals surface area contributed by atoms with Crippen LogP contribution in [0.5, 0.6) is 0 Å². The molecule has 0 saturated carbocycles. The number of nitrogens with one attached hydrogen (secondary N) is 3. The molecule has 3 N–H and O–H groups in total. The van der Waals surface area contributed by atoms with Crippen LogP contribution in [-0.2, 0) is 5.41 Å². The number of hydrogen-bond donors (Lipinski definition) is 3. The van der Waals surface area contributed by atoms with E-state index in [0.717, 1.165) is 65.5 Å². The molecule has 1 fully saturated rings. The van der Waals surface area contributed by atoms with Gasteiger partial charge in [-0.15, -0.1) is 0 Å². The summed E-state index contributed by atoms with van der Waals surface area (Å²) in [6, 6.07) is 14.6. The largest absolute Gasteiger partial charge is 0.369 e. The van der Waals surface area contributed by atoms with Crippen LogP contribution in [0.2, 0.25) is 0 Å². The average Bonchev–Trinajstić information content (AvgIpc) is 2.91. The molecule has 1 aromatic heterocycles. The third-order valence-electron chi connectivity index (χ3n) is 7.62. The fourth-order valence-corrected chi connectivity index (χ4v) is 5.34. The molecule has 0 radical (unpaired) electrons. The number of rotatable bonds is 4. The number of amides is 1. The van der Waals surface area contributed by atoms with Gasteiger partial charge in [-0.1, -0.05) is 32.1 Å². The van der Waals surface area contributed by atoms with E-state index >= 15 is 0 Å². The number of anilines is 4. The fourth-order valence-electron chi connectivity index (χ4n) is 5.34. The van der Waals surface area contributed by atoms with Crippen molar-refractivity contribution in [2.75, 3.05) is 61.8 Å². The Morgan fingerprint density at radius 3 is 2.68 bits per heavy atom. The van der Waals surface area contributed by atoms with Gasteiger partial charge in [0.1, 0.15) is 5.82 Å². The van der Waals surface area contributed by atoms with Crippen LogP contribution >= 0.6 is 0 Å². The van der Waals surface area contributed by atoms with E-state index in [9.17, 15) is 4.79 Å². The second-order valence-electron chi connectivity index (χ2n) is 10.7.